The van der Waals surface area contributed by atoms with Crippen molar-refractivity contribution in [3.8, 4) is 44.9 Å². The molecule has 0 atom stereocenters. The minimum Gasteiger partial charge on any atom is -0.507 e. The first-order valence-electron chi connectivity index (χ1n) is 30.8. The minimum absolute atomic E-state index is 0.215. The predicted molar refractivity (Wildman–Crippen MR) is 395 cm³/mol. The van der Waals surface area contributed by atoms with E-state index in [2.05, 4.69) is 308 Å². The molecule has 0 saturated carbocycles. The zero-order valence-corrected chi connectivity index (χ0v) is 55.3. The third kappa shape index (κ3) is 14.3. The lowest BCUT2D eigenvalue weighted by molar-refractivity contribution is 0.445. The van der Waals surface area contributed by atoms with Gasteiger partial charge < -0.3 is 10.2 Å². The highest BCUT2D eigenvalue weighted by atomic mass is 32.2. The highest BCUT2D eigenvalue weighted by Gasteiger charge is 2.25. The van der Waals surface area contributed by atoms with Gasteiger partial charge in [0.05, 0.1) is 11.4 Å². The van der Waals surface area contributed by atoms with Crippen LogP contribution >= 0.6 is 39.4 Å². The van der Waals surface area contributed by atoms with E-state index in [9.17, 15) is 10.2 Å². The molecule has 0 amide bonds. The van der Waals surface area contributed by atoms with Crippen LogP contribution in [0.3, 0.4) is 0 Å². The summed E-state index contributed by atoms with van der Waals surface area (Å²) in [7, 11) is -0.947. The summed E-state index contributed by atoms with van der Waals surface area (Å²) < 4.78 is 0. The first-order valence-corrected chi connectivity index (χ1v) is 35.8. The summed E-state index contributed by atoms with van der Waals surface area (Å²) in [6.45, 7) is 12.9. The van der Waals surface area contributed by atoms with Crippen molar-refractivity contribution in [1.82, 2.24) is 0 Å². The first-order chi connectivity index (χ1) is 43.7. The standard InChI is InChI=1S/C82H74N2O2P2S2/c1-81(2,3)73-53-61(57-35-41-69(42-36-57)89-49-47-87(65-25-11-7-12-26-65)66-27-13-8-14-28-66)51-63(79(73)85)55-83-75-45-39-59-23-19-21-33-71(59)77(75)78-72-34-22-20-24-60(72)40-46-76(78)84-56-64-52-62(54-74(80(64)86)82(4,5)6)58-37-43-70(44-38-58)90-50-48-88(67-29-15-9-16-30-67)68-31-17-10-18-32-68/h7-46,51-56,85-86H,47-50H2,1-6H3. The molecule has 0 bridgehead atoms. The SMILES string of the molecule is CC(C)(C)c1cc(-c2ccc(SCCP(c3ccccc3)c3ccccc3)cc2)cc(C=Nc2ccc3ccccc3c2-c2c(N=Cc3cc(-c4ccc(SCCP(c5ccccc5)c5ccccc5)cc4)cc(C(C)(C)C)c3O)ccc3ccccc23)c1O. The molecular formula is C82H74N2O2P2S2. The number of rotatable bonds is 19. The lowest BCUT2D eigenvalue weighted by Crippen LogP contribution is -2.14. The fraction of sp³-hybridized carbons (Fsp3) is 0.146. The number of hydrogen-bond acceptors (Lipinski definition) is 6. The second-order valence-electron chi connectivity index (χ2n) is 24.7. The number of phenols is 2. The monoisotopic (exact) mass is 1240 g/mol. The quantitative estimate of drug-likeness (QED) is 0.0481. The fourth-order valence-corrected chi connectivity index (χ4v) is 18.8. The molecule has 90 heavy (non-hydrogen) atoms. The second kappa shape index (κ2) is 27.8. The van der Waals surface area contributed by atoms with Crippen LogP contribution in [0.15, 0.2) is 287 Å². The molecule has 0 aliphatic heterocycles. The highest BCUT2D eigenvalue weighted by Crippen LogP contribution is 2.47. The van der Waals surface area contributed by atoms with E-state index in [0.29, 0.717) is 11.1 Å². The van der Waals surface area contributed by atoms with E-state index >= 15 is 0 Å². The van der Waals surface area contributed by atoms with Gasteiger partial charge >= 0.3 is 0 Å². The summed E-state index contributed by atoms with van der Waals surface area (Å²) in [5.41, 5.74) is 9.74. The topological polar surface area (TPSA) is 65.2 Å². The molecular weight excluding hydrogens is 1170 g/mol. The molecule has 0 aliphatic carbocycles. The van der Waals surface area contributed by atoms with Crippen molar-refractivity contribution in [3.05, 3.63) is 289 Å². The van der Waals surface area contributed by atoms with Crippen LogP contribution in [0.1, 0.15) is 63.8 Å². The molecule has 0 aliphatic rings. The summed E-state index contributed by atoms with van der Waals surface area (Å²) in [5, 5.41) is 34.3. The van der Waals surface area contributed by atoms with Crippen LogP contribution in [-0.4, -0.2) is 46.5 Å². The van der Waals surface area contributed by atoms with Crippen molar-refractivity contribution >= 4 is 106 Å². The van der Waals surface area contributed by atoms with Gasteiger partial charge in [0.15, 0.2) is 0 Å². The molecule has 0 fully saturated rings. The van der Waals surface area contributed by atoms with Gasteiger partial charge in [-0.05, 0) is 165 Å². The molecule has 12 aromatic carbocycles. The molecule has 2 N–H and O–H groups in total. The van der Waals surface area contributed by atoms with Gasteiger partial charge in [-0.3, -0.25) is 9.98 Å². The molecule has 12 aromatic rings. The Labute approximate surface area is 542 Å². The molecule has 0 heterocycles. The Morgan fingerprint density at radius 2 is 0.678 bits per heavy atom. The third-order valence-corrected chi connectivity index (χ3v) is 24.1. The van der Waals surface area contributed by atoms with Crippen LogP contribution in [0.2, 0.25) is 0 Å². The Bertz CT molecular complexity index is 4140. The summed E-state index contributed by atoms with van der Waals surface area (Å²) in [6, 6.07) is 95.1. The van der Waals surface area contributed by atoms with Gasteiger partial charge in [-0.1, -0.05) is 248 Å². The largest absolute Gasteiger partial charge is 0.507 e. The van der Waals surface area contributed by atoms with Crippen LogP contribution in [0, 0.1) is 0 Å². The van der Waals surface area contributed by atoms with E-state index in [1.54, 1.807) is 0 Å². The van der Waals surface area contributed by atoms with E-state index in [-0.39, 0.29) is 22.3 Å². The number of aliphatic imine (C=N–C) groups is 2. The molecule has 0 aromatic heterocycles. The van der Waals surface area contributed by atoms with Gasteiger partial charge in [-0.2, -0.15) is 0 Å². The maximum atomic E-state index is 12.2. The molecule has 8 heteroatoms. The molecule has 0 saturated heterocycles. The van der Waals surface area contributed by atoms with Crippen LogP contribution in [0.5, 0.6) is 11.5 Å². The van der Waals surface area contributed by atoms with Crippen molar-refractivity contribution in [2.45, 2.75) is 62.2 Å². The van der Waals surface area contributed by atoms with Gasteiger partial charge in [0.2, 0.25) is 0 Å². The van der Waals surface area contributed by atoms with Crippen LogP contribution in [0.4, 0.5) is 11.4 Å². The summed E-state index contributed by atoms with van der Waals surface area (Å²) in [4.78, 5) is 13.2. The van der Waals surface area contributed by atoms with Gasteiger partial charge in [-0.25, -0.2) is 0 Å². The minimum atomic E-state index is -0.473. The number of fused-ring (bicyclic) bond motifs is 2. The maximum Gasteiger partial charge on any atom is 0.128 e. The maximum absolute atomic E-state index is 12.2. The van der Waals surface area contributed by atoms with Crippen molar-refractivity contribution in [2.24, 2.45) is 9.98 Å². The number of phenolic OH excluding ortho intramolecular Hbond substituents is 2. The van der Waals surface area contributed by atoms with E-state index in [0.717, 1.165) is 101 Å². The third-order valence-electron chi connectivity index (χ3n) is 16.5. The fourth-order valence-electron chi connectivity index (χ4n) is 11.8. The van der Waals surface area contributed by atoms with Crippen molar-refractivity contribution < 1.29 is 10.2 Å². The summed E-state index contributed by atoms with van der Waals surface area (Å²) >= 11 is 3.80. The van der Waals surface area contributed by atoms with Gasteiger partial charge in [0.25, 0.3) is 0 Å². The smallest absolute Gasteiger partial charge is 0.128 e. The second-order valence-corrected chi connectivity index (χ2v) is 31.7. The van der Waals surface area contributed by atoms with Crippen molar-refractivity contribution in [3.63, 3.8) is 0 Å². The molecule has 446 valence electrons. The highest BCUT2D eigenvalue weighted by molar-refractivity contribution is 8.00. The Morgan fingerprint density at radius 1 is 0.356 bits per heavy atom. The van der Waals surface area contributed by atoms with Gasteiger partial charge in [-0.15, -0.1) is 23.5 Å². The number of benzene rings is 12. The lowest BCUT2D eigenvalue weighted by Gasteiger charge is -2.23. The molecule has 0 unspecified atom stereocenters. The van der Waals surface area contributed by atoms with E-state index in [1.165, 1.54) is 31.0 Å². The average Bonchev–Trinajstić information content (AvgIpc) is 1.13. The Morgan fingerprint density at radius 3 is 1.01 bits per heavy atom. The molecule has 4 nitrogen and oxygen atoms in total. The van der Waals surface area contributed by atoms with E-state index in [1.807, 2.05) is 36.0 Å². The molecule has 0 radical (unpaired) electrons. The number of nitrogens with zero attached hydrogens (tertiary/aromatic N) is 2. The molecule has 12 rings (SSSR count). The Balaban J connectivity index is 0.856. The summed E-state index contributed by atoms with van der Waals surface area (Å²) in [5.74, 6) is 2.44. The van der Waals surface area contributed by atoms with Crippen molar-refractivity contribution in [2.75, 3.05) is 23.8 Å². The number of hydrogen-bond donors (Lipinski definition) is 2. The Hall–Kier alpha value is -8.34. The molecule has 0 spiro atoms. The normalized spacial score (nSPS) is 12.1. The average molecular weight is 1250 g/mol. The van der Waals surface area contributed by atoms with Crippen LogP contribution < -0.4 is 21.2 Å². The predicted octanol–water partition coefficient (Wildman–Crippen LogP) is 21.0. The first kappa shape index (κ1) is 61.9. The van der Waals surface area contributed by atoms with Crippen LogP contribution in [-0.2, 0) is 10.8 Å². The van der Waals surface area contributed by atoms with Gasteiger partial charge in [0, 0.05) is 67.1 Å². The Kier molecular flexibility index (Phi) is 19.1. The number of thioether (sulfide) groups is 2. The lowest BCUT2D eigenvalue weighted by atomic mass is 9.83. The van der Waals surface area contributed by atoms with Crippen LogP contribution in [0.25, 0.3) is 54.9 Å². The summed E-state index contributed by atoms with van der Waals surface area (Å²) in [6.07, 6.45) is 5.82. The number of aromatic hydroxyl groups is 2. The zero-order chi connectivity index (χ0) is 62.2. The van der Waals surface area contributed by atoms with Crippen molar-refractivity contribution in [1.29, 1.82) is 0 Å². The van der Waals surface area contributed by atoms with E-state index in [4.69, 9.17) is 9.98 Å². The van der Waals surface area contributed by atoms with Gasteiger partial charge in [0.1, 0.15) is 11.5 Å². The zero-order valence-electron chi connectivity index (χ0n) is 51.9. The van der Waals surface area contributed by atoms with E-state index < -0.39 is 15.8 Å².